The quantitative estimate of drug-likeness (QED) is 0.536. The van der Waals surface area contributed by atoms with E-state index in [1.165, 1.54) is 16.7 Å². The van der Waals surface area contributed by atoms with Crippen LogP contribution in [0.2, 0.25) is 0 Å². The van der Waals surface area contributed by atoms with E-state index in [4.69, 9.17) is 0 Å². The molecule has 0 bridgehead atoms. The summed E-state index contributed by atoms with van der Waals surface area (Å²) in [6.45, 7) is 2.23. The van der Waals surface area contributed by atoms with E-state index in [0.717, 1.165) is 10.0 Å². The second-order valence-corrected chi connectivity index (χ2v) is 8.23. The van der Waals surface area contributed by atoms with Gasteiger partial charge in [0.2, 0.25) is 5.91 Å². The molecule has 0 saturated carbocycles. The van der Waals surface area contributed by atoms with Gasteiger partial charge >= 0.3 is 0 Å². The molecule has 7 heteroatoms. The average Bonchev–Trinajstić information content (AvgIpc) is 3.04. The number of halogens is 1. The van der Waals surface area contributed by atoms with Crippen molar-refractivity contribution in [3.63, 3.8) is 0 Å². The number of thioether (sulfide) groups is 1. The van der Waals surface area contributed by atoms with Crippen LogP contribution in [0.15, 0.2) is 69.7 Å². The van der Waals surface area contributed by atoms with Gasteiger partial charge in [0, 0.05) is 16.7 Å². The standard InChI is InChI=1S/C21H18BrN3O2S/c1-2-18-20(27)25(16-10-8-15(22)9-11-16)21(28-18)17(12-23)19(26)24-13-14-6-4-3-5-7-14/h3-11,18H,2,13H2,1H3,(H,24,26)/b21-17+. The van der Waals surface area contributed by atoms with Gasteiger partial charge in [-0.1, -0.05) is 64.9 Å². The molecular formula is C21H18BrN3O2S. The minimum absolute atomic E-state index is 0.0480. The van der Waals surface area contributed by atoms with Gasteiger partial charge in [0.05, 0.1) is 5.25 Å². The summed E-state index contributed by atoms with van der Waals surface area (Å²) in [6, 6.07) is 18.7. The molecule has 5 nitrogen and oxygen atoms in total. The second-order valence-electron chi connectivity index (χ2n) is 6.13. The Morgan fingerprint density at radius 2 is 1.89 bits per heavy atom. The minimum atomic E-state index is -0.486. The number of nitrogens with one attached hydrogen (secondary N) is 1. The van der Waals surface area contributed by atoms with Crippen LogP contribution in [0.3, 0.4) is 0 Å². The smallest absolute Gasteiger partial charge is 0.264 e. The van der Waals surface area contributed by atoms with Gasteiger partial charge in [-0.15, -0.1) is 0 Å². The third-order valence-electron chi connectivity index (χ3n) is 4.26. The van der Waals surface area contributed by atoms with Crippen LogP contribution >= 0.6 is 27.7 Å². The number of carbonyl (C=O) groups is 2. The van der Waals surface area contributed by atoms with Gasteiger partial charge in [-0.3, -0.25) is 14.5 Å². The van der Waals surface area contributed by atoms with Gasteiger partial charge in [0.25, 0.3) is 5.91 Å². The van der Waals surface area contributed by atoms with E-state index in [1.54, 1.807) is 12.1 Å². The van der Waals surface area contributed by atoms with Crippen LogP contribution in [0.1, 0.15) is 18.9 Å². The molecule has 0 radical (unpaired) electrons. The molecule has 0 aromatic heterocycles. The lowest BCUT2D eigenvalue weighted by Gasteiger charge is -2.18. The first-order valence-electron chi connectivity index (χ1n) is 8.77. The zero-order chi connectivity index (χ0) is 20.1. The summed E-state index contributed by atoms with van der Waals surface area (Å²) in [4.78, 5) is 27.1. The number of amides is 2. The Bertz CT molecular complexity index is 952. The van der Waals surface area contributed by atoms with E-state index >= 15 is 0 Å². The van der Waals surface area contributed by atoms with E-state index in [9.17, 15) is 14.9 Å². The molecule has 1 heterocycles. The monoisotopic (exact) mass is 455 g/mol. The van der Waals surface area contributed by atoms with Gasteiger partial charge in [0.1, 0.15) is 16.7 Å². The van der Waals surface area contributed by atoms with Crippen molar-refractivity contribution in [1.82, 2.24) is 5.32 Å². The van der Waals surface area contributed by atoms with Gasteiger partial charge < -0.3 is 5.32 Å². The number of carbonyl (C=O) groups excluding carboxylic acids is 2. The van der Waals surface area contributed by atoms with Gasteiger partial charge in [0.15, 0.2) is 0 Å². The van der Waals surface area contributed by atoms with Crippen molar-refractivity contribution in [2.24, 2.45) is 0 Å². The van der Waals surface area contributed by atoms with Crippen molar-refractivity contribution < 1.29 is 9.59 Å². The summed E-state index contributed by atoms with van der Waals surface area (Å²) in [5.74, 6) is -0.603. The minimum Gasteiger partial charge on any atom is -0.347 e. The summed E-state index contributed by atoms with van der Waals surface area (Å²) in [5.41, 5.74) is 1.52. The fourth-order valence-corrected chi connectivity index (χ4v) is 4.27. The van der Waals surface area contributed by atoms with Crippen molar-refractivity contribution in [2.75, 3.05) is 4.90 Å². The molecule has 1 atom stereocenters. The molecule has 2 aromatic carbocycles. The third-order valence-corrected chi connectivity index (χ3v) is 6.22. The first kappa shape index (κ1) is 20.2. The number of nitriles is 1. The first-order valence-corrected chi connectivity index (χ1v) is 10.4. The van der Waals surface area contributed by atoms with E-state index in [1.807, 2.05) is 55.5 Å². The van der Waals surface area contributed by atoms with Crippen LogP contribution in [0.25, 0.3) is 0 Å². The van der Waals surface area contributed by atoms with Crippen molar-refractivity contribution in [1.29, 1.82) is 5.26 Å². The Morgan fingerprint density at radius 1 is 1.21 bits per heavy atom. The molecule has 0 aliphatic carbocycles. The number of benzene rings is 2. The molecule has 1 aliphatic rings. The maximum atomic E-state index is 12.9. The molecule has 142 valence electrons. The van der Waals surface area contributed by atoms with Crippen molar-refractivity contribution >= 4 is 45.2 Å². The predicted molar refractivity (Wildman–Crippen MR) is 114 cm³/mol. The number of rotatable bonds is 5. The van der Waals surface area contributed by atoms with Crippen LogP contribution < -0.4 is 10.2 Å². The van der Waals surface area contributed by atoms with Crippen molar-refractivity contribution in [3.05, 3.63) is 75.2 Å². The number of anilines is 1. The molecule has 1 fully saturated rings. The van der Waals surface area contributed by atoms with Crippen LogP contribution in [-0.2, 0) is 16.1 Å². The van der Waals surface area contributed by atoms with Crippen LogP contribution in [0.5, 0.6) is 0 Å². The fourth-order valence-electron chi connectivity index (χ4n) is 2.81. The van der Waals surface area contributed by atoms with Gasteiger partial charge in [-0.25, -0.2) is 0 Å². The van der Waals surface area contributed by atoms with E-state index < -0.39 is 5.91 Å². The molecule has 3 rings (SSSR count). The summed E-state index contributed by atoms with van der Waals surface area (Å²) >= 11 is 4.65. The highest BCUT2D eigenvalue weighted by Crippen LogP contribution is 2.41. The second kappa shape index (κ2) is 9.09. The summed E-state index contributed by atoms with van der Waals surface area (Å²) < 4.78 is 0.884. The zero-order valence-corrected chi connectivity index (χ0v) is 17.6. The van der Waals surface area contributed by atoms with E-state index in [0.29, 0.717) is 23.7 Å². The Morgan fingerprint density at radius 3 is 2.50 bits per heavy atom. The predicted octanol–water partition coefficient (Wildman–Crippen LogP) is 4.36. The lowest BCUT2D eigenvalue weighted by molar-refractivity contribution is -0.117. The number of hydrogen-bond acceptors (Lipinski definition) is 4. The topological polar surface area (TPSA) is 73.2 Å². The number of nitrogens with zero attached hydrogens (tertiary/aromatic N) is 2. The summed E-state index contributed by atoms with van der Waals surface area (Å²) in [7, 11) is 0. The summed E-state index contributed by atoms with van der Waals surface area (Å²) in [5, 5.41) is 12.5. The molecule has 2 amide bonds. The van der Waals surface area contributed by atoms with Gasteiger partial charge in [-0.05, 0) is 36.2 Å². The average molecular weight is 456 g/mol. The zero-order valence-electron chi connectivity index (χ0n) is 15.2. The Labute approximate surface area is 176 Å². The van der Waals surface area contributed by atoms with E-state index in [2.05, 4.69) is 21.2 Å². The molecular weight excluding hydrogens is 438 g/mol. The van der Waals surface area contributed by atoms with Crippen molar-refractivity contribution in [3.8, 4) is 6.07 Å². The lowest BCUT2D eigenvalue weighted by atomic mass is 10.2. The first-order chi connectivity index (χ1) is 13.5. The highest BCUT2D eigenvalue weighted by Gasteiger charge is 2.39. The molecule has 1 saturated heterocycles. The maximum absolute atomic E-state index is 12.9. The highest BCUT2D eigenvalue weighted by molar-refractivity contribution is 9.10. The normalized spacial score (nSPS) is 18.0. The Balaban J connectivity index is 1.93. The molecule has 0 spiro atoms. The molecule has 1 unspecified atom stereocenters. The SMILES string of the molecule is CCC1S/C(=C(\C#N)C(=O)NCc2ccccc2)N(c2ccc(Br)cc2)C1=O. The largest absolute Gasteiger partial charge is 0.347 e. The molecule has 1 N–H and O–H groups in total. The van der Waals surface area contributed by atoms with Gasteiger partial charge in [-0.2, -0.15) is 5.26 Å². The lowest BCUT2D eigenvalue weighted by Crippen LogP contribution is -2.31. The maximum Gasteiger partial charge on any atom is 0.264 e. The van der Waals surface area contributed by atoms with E-state index in [-0.39, 0.29) is 16.7 Å². The Hall–Kier alpha value is -2.56. The third kappa shape index (κ3) is 4.29. The highest BCUT2D eigenvalue weighted by atomic mass is 79.9. The number of hydrogen-bond donors (Lipinski definition) is 1. The van der Waals surface area contributed by atoms with Crippen LogP contribution in [0, 0.1) is 11.3 Å². The van der Waals surface area contributed by atoms with Crippen LogP contribution in [0.4, 0.5) is 5.69 Å². The summed E-state index contributed by atoms with van der Waals surface area (Å²) in [6.07, 6.45) is 0.615. The van der Waals surface area contributed by atoms with Crippen LogP contribution in [-0.4, -0.2) is 17.1 Å². The Kier molecular flexibility index (Phi) is 6.55. The molecule has 28 heavy (non-hydrogen) atoms. The molecule has 1 aliphatic heterocycles. The molecule has 2 aromatic rings. The fraction of sp³-hybridized carbons (Fsp3) is 0.190. The van der Waals surface area contributed by atoms with Crippen molar-refractivity contribution in [2.45, 2.75) is 25.1 Å².